The molecule has 3 aromatic heterocycles. The van der Waals surface area contributed by atoms with Gasteiger partial charge >= 0.3 is 0 Å². The SMILES string of the molecule is CNc1nc2ccnn2c(NCc2ccncc2)c1C#N. The maximum Gasteiger partial charge on any atom is 0.159 e. The molecule has 0 spiro atoms. The van der Waals surface area contributed by atoms with Gasteiger partial charge in [0.2, 0.25) is 0 Å². The summed E-state index contributed by atoms with van der Waals surface area (Å²) in [7, 11) is 1.74. The molecule has 3 heterocycles. The molecule has 7 heteroatoms. The molecule has 0 radical (unpaired) electrons. The summed E-state index contributed by atoms with van der Waals surface area (Å²) in [5.74, 6) is 1.15. The lowest BCUT2D eigenvalue weighted by molar-refractivity contribution is 0.921. The zero-order chi connectivity index (χ0) is 14.7. The van der Waals surface area contributed by atoms with Gasteiger partial charge in [0.15, 0.2) is 11.5 Å². The van der Waals surface area contributed by atoms with Gasteiger partial charge in [0, 0.05) is 32.1 Å². The third kappa shape index (κ3) is 2.34. The van der Waals surface area contributed by atoms with Crippen LogP contribution in [0.3, 0.4) is 0 Å². The molecule has 0 aliphatic rings. The van der Waals surface area contributed by atoms with E-state index in [0.717, 1.165) is 5.56 Å². The summed E-state index contributed by atoms with van der Waals surface area (Å²) in [6.45, 7) is 0.569. The van der Waals surface area contributed by atoms with Crippen LogP contribution in [0, 0.1) is 11.3 Å². The summed E-state index contributed by atoms with van der Waals surface area (Å²) >= 11 is 0. The Morgan fingerprint density at radius 1 is 1.24 bits per heavy atom. The van der Waals surface area contributed by atoms with E-state index in [1.54, 1.807) is 36.2 Å². The maximum absolute atomic E-state index is 9.40. The summed E-state index contributed by atoms with van der Waals surface area (Å²) in [4.78, 5) is 8.34. The first-order valence-corrected chi connectivity index (χ1v) is 6.42. The molecule has 104 valence electrons. The Balaban J connectivity index is 2.03. The maximum atomic E-state index is 9.40. The molecule has 0 saturated heterocycles. The first kappa shape index (κ1) is 12.9. The first-order chi connectivity index (χ1) is 10.3. The second kappa shape index (κ2) is 5.46. The molecule has 0 unspecified atom stereocenters. The van der Waals surface area contributed by atoms with Crippen molar-refractivity contribution >= 4 is 17.3 Å². The second-order valence-corrected chi connectivity index (χ2v) is 4.36. The Kier molecular flexibility index (Phi) is 3.35. The second-order valence-electron chi connectivity index (χ2n) is 4.36. The van der Waals surface area contributed by atoms with Crippen molar-refractivity contribution in [1.29, 1.82) is 5.26 Å². The minimum absolute atomic E-state index is 0.433. The van der Waals surface area contributed by atoms with Crippen molar-refractivity contribution in [3.05, 3.63) is 47.9 Å². The van der Waals surface area contributed by atoms with Gasteiger partial charge in [-0.25, -0.2) is 4.98 Å². The van der Waals surface area contributed by atoms with E-state index in [1.807, 2.05) is 12.1 Å². The molecule has 0 atom stereocenters. The Morgan fingerprint density at radius 3 is 2.76 bits per heavy atom. The number of anilines is 2. The van der Waals surface area contributed by atoms with E-state index in [-0.39, 0.29) is 0 Å². The van der Waals surface area contributed by atoms with Crippen LogP contribution >= 0.6 is 0 Å². The Hall–Kier alpha value is -3.14. The van der Waals surface area contributed by atoms with E-state index in [0.29, 0.717) is 29.4 Å². The van der Waals surface area contributed by atoms with Gasteiger partial charge in [-0.15, -0.1) is 0 Å². The largest absolute Gasteiger partial charge is 0.372 e. The highest BCUT2D eigenvalue weighted by Crippen LogP contribution is 2.23. The standard InChI is InChI=1S/C14H13N7/c1-16-13-11(8-15)14(21-12(20-13)4-7-19-21)18-9-10-2-5-17-6-3-10/h2-7,18H,9H2,1H3,(H,16,20). The number of rotatable bonds is 4. The average molecular weight is 279 g/mol. The number of pyridine rings is 1. The van der Waals surface area contributed by atoms with Gasteiger partial charge in [-0.2, -0.15) is 14.9 Å². The zero-order valence-corrected chi connectivity index (χ0v) is 11.4. The predicted octanol–water partition coefficient (Wildman–Crippen LogP) is 1.65. The normalized spacial score (nSPS) is 10.3. The highest BCUT2D eigenvalue weighted by molar-refractivity contribution is 5.69. The number of fused-ring (bicyclic) bond motifs is 1. The topological polar surface area (TPSA) is 90.9 Å². The molecule has 7 nitrogen and oxygen atoms in total. The Morgan fingerprint density at radius 2 is 2.05 bits per heavy atom. The fraction of sp³-hybridized carbons (Fsp3) is 0.143. The summed E-state index contributed by atoms with van der Waals surface area (Å²) in [5, 5.41) is 19.8. The van der Waals surface area contributed by atoms with Crippen LogP contribution in [-0.4, -0.2) is 26.6 Å². The molecule has 0 amide bonds. The molecule has 0 fully saturated rings. The highest BCUT2D eigenvalue weighted by Gasteiger charge is 2.14. The molecule has 3 rings (SSSR count). The minimum Gasteiger partial charge on any atom is -0.372 e. The number of nitrogens with one attached hydrogen (secondary N) is 2. The third-order valence-electron chi connectivity index (χ3n) is 3.09. The van der Waals surface area contributed by atoms with E-state index in [1.165, 1.54) is 0 Å². The monoisotopic (exact) mass is 279 g/mol. The fourth-order valence-electron chi connectivity index (χ4n) is 2.08. The van der Waals surface area contributed by atoms with Gasteiger partial charge < -0.3 is 10.6 Å². The predicted molar refractivity (Wildman–Crippen MR) is 78.8 cm³/mol. The number of aromatic nitrogens is 4. The van der Waals surface area contributed by atoms with Crippen molar-refractivity contribution in [2.75, 3.05) is 17.7 Å². The molecule has 0 bridgehead atoms. The number of nitrogens with zero attached hydrogens (tertiary/aromatic N) is 5. The van der Waals surface area contributed by atoms with E-state index in [2.05, 4.69) is 31.8 Å². The van der Waals surface area contributed by atoms with Crippen LogP contribution in [0.4, 0.5) is 11.6 Å². The molecule has 0 aliphatic carbocycles. The Bertz CT molecular complexity index is 801. The lowest BCUT2D eigenvalue weighted by Crippen LogP contribution is -2.11. The summed E-state index contributed by atoms with van der Waals surface area (Å²) in [6.07, 6.45) is 5.12. The van der Waals surface area contributed by atoms with Crippen LogP contribution in [-0.2, 0) is 6.54 Å². The van der Waals surface area contributed by atoms with Crippen molar-refractivity contribution < 1.29 is 0 Å². The van der Waals surface area contributed by atoms with E-state index in [4.69, 9.17) is 0 Å². The zero-order valence-electron chi connectivity index (χ0n) is 11.4. The molecule has 0 saturated carbocycles. The lowest BCUT2D eigenvalue weighted by atomic mass is 10.2. The van der Waals surface area contributed by atoms with Crippen molar-refractivity contribution in [2.45, 2.75) is 6.54 Å². The van der Waals surface area contributed by atoms with Gasteiger partial charge in [0.1, 0.15) is 17.5 Å². The summed E-state index contributed by atoms with van der Waals surface area (Å²) < 4.78 is 1.63. The smallest absolute Gasteiger partial charge is 0.159 e. The van der Waals surface area contributed by atoms with Crippen LogP contribution in [0.15, 0.2) is 36.8 Å². The summed E-state index contributed by atoms with van der Waals surface area (Å²) in [5.41, 5.74) is 2.18. The van der Waals surface area contributed by atoms with Gasteiger partial charge in [-0.05, 0) is 17.7 Å². The van der Waals surface area contributed by atoms with Crippen LogP contribution in [0.2, 0.25) is 0 Å². The van der Waals surface area contributed by atoms with Crippen molar-refractivity contribution in [3.8, 4) is 6.07 Å². The molecular weight excluding hydrogens is 266 g/mol. The fourth-order valence-corrected chi connectivity index (χ4v) is 2.08. The van der Waals surface area contributed by atoms with Crippen LogP contribution in [0.25, 0.3) is 5.65 Å². The molecular formula is C14H13N7. The van der Waals surface area contributed by atoms with Crippen molar-refractivity contribution in [1.82, 2.24) is 19.6 Å². The van der Waals surface area contributed by atoms with Gasteiger partial charge in [0.25, 0.3) is 0 Å². The minimum atomic E-state index is 0.433. The third-order valence-corrected chi connectivity index (χ3v) is 3.09. The van der Waals surface area contributed by atoms with Gasteiger partial charge in [-0.3, -0.25) is 4.98 Å². The van der Waals surface area contributed by atoms with Crippen molar-refractivity contribution in [3.63, 3.8) is 0 Å². The lowest BCUT2D eigenvalue weighted by Gasteiger charge is -2.12. The van der Waals surface area contributed by atoms with Crippen LogP contribution < -0.4 is 10.6 Å². The van der Waals surface area contributed by atoms with Crippen LogP contribution in [0.1, 0.15) is 11.1 Å². The van der Waals surface area contributed by atoms with E-state index >= 15 is 0 Å². The van der Waals surface area contributed by atoms with Crippen molar-refractivity contribution in [2.24, 2.45) is 0 Å². The number of hydrogen-bond donors (Lipinski definition) is 2. The molecule has 0 aromatic carbocycles. The van der Waals surface area contributed by atoms with Gasteiger partial charge in [-0.1, -0.05) is 0 Å². The highest BCUT2D eigenvalue weighted by atomic mass is 15.3. The van der Waals surface area contributed by atoms with E-state index in [9.17, 15) is 5.26 Å². The number of hydrogen-bond acceptors (Lipinski definition) is 6. The molecule has 2 N–H and O–H groups in total. The molecule has 3 aromatic rings. The van der Waals surface area contributed by atoms with Gasteiger partial charge in [0.05, 0.1) is 6.20 Å². The van der Waals surface area contributed by atoms with Crippen LogP contribution in [0.5, 0.6) is 0 Å². The molecule has 21 heavy (non-hydrogen) atoms. The average Bonchev–Trinajstić information content (AvgIpc) is 3.00. The van der Waals surface area contributed by atoms with E-state index < -0.39 is 0 Å². The summed E-state index contributed by atoms with van der Waals surface area (Å²) in [6, 6.07) is 7.80. The number of nitriles is 1. The molecule has 0 aliphatic heterocycles. The first-order valence-electron chi connectivity index (χ1n) is 6.42. The quantitative estimate of drug-likeness (QED) is 0.754. The Labute approximate surface area is 121 Å².